The summed E-state index contributed by atoms with van der Waals surface area (Å²) in [4.78, 5) is 27.7. The van der Waals surface area contributed by atoms with Crippen LogP contribution in [0.5, 0.6) is 11.5 Å². The summed E-state index contributed by atoms with van der Waals surface area (Å²) in [6.45, 7) is 1.96. The third-order valence-electron chi connectivity index (χ3n) is 5.14. The van der Waals surface area contributed by atoms with Gasteiger partial charge in [-0.2, -0.15) is 0 Å². The zero-order valence-electron chi connectivity index (χ0n) is 16.1. The Morgan fingerprint density at radius 1 is 0.967 bits per heavy atom. The van der Waals surface area contributed by atoms with Gasteiger partial charge in [0.15, 0.2) is 11.5 Å². The highest BCUT2D eigenvalue weighted by Crippen LogP contribution is 2.34. The van der Waals surface area contributed by atoms with E-state index in [2.05, 4.69) is 5.32 Å². The molecule has 154 valence electrons. The van der Waals surface area contributed by atoms with Gasteiger partial charge >= 0.3 is 0 Å². The molecule has 8 nitrogen and oxygen atoms in total. The predicted molar refractivity (Wildman–Crippen MR) is 108 cm³/mol. The van der Waals surface area contributed by atoms with E-state index in [0.29, 0.717) is 54.5 Å². The van der Waals surface area contributed by atoms with Gasteiger partial charge in [-0.25, -0.2) is 0 Å². The van der Waals surface area contributed by atoms with Gasteiger partial charge in [-0.1, -0.05) is 24.3 Å². The molecule has 0 radical (unpaired) electrons. The highest BCUT2D eigenvalue weighted by atomic mass is 16.6. The van der Waals surface area contributed by atoms with Crippen LogP contribution in [0.3, 0.4) is 0 Å². The van der Waals surface area contributed by atoms with E-state index in [1.54, 1.807) is 29.2 Å². The quantitative estimate of drug-likeness (QED) is 0.717. The van der Waals surface area contributed by atoms with Crippen LogP contribution in [0, 0.1) is 0 Å². The number of morpholine rings is 1. The summed E-state index contributed by atoms with van der Waals surface area (Å²) < 4.78 is 22.6. The Morgan fingerprint density at radius 3 is 2.53 bits per heavy atom. The minimum atomic E-state index is -0.847. The van der Waals surface area contributed by atoms with Crippen molar-refractivity contribution in [1.82, 2.24) is 4.90 Å². The van der Waals surface area contributed by atoms with Crippen molar-refractivity contribution >= 4 is 28.5 Å². The molecule has 1 atom stereocenters. The Balaban J connectivity index is 1.43. The third kappa shape index (κ3) is 3.35. The van der Waals surface area contributed by atoms with E-state index < -0.39 is 12.0 Å². The molecule has 0 bridgehead atoms. The van der Waals surface area contributed by atoms with Crippen molar-refractivity contribution in [2.24, 2.45) is 0 Å². The maximum absolute atomic E-state index is 13.1. The monoisotopic (exact) mass is 408 g/mol. The Hall–Kier alpha value is -3.52. The molecule has 2 aliphatic rings. The number of hydrogen-bond donors (Lipinski definition) is 1. The molecule has 2 aliphatic heterocycles. The molecule has 1 saturated heterocycles. The van der Waals surface area contributed by atoms with E-state index in [1.807, 2.05) is 24.3 Å². The average molecular weight is 408 g/mol. The second-order valence-electron chi connectivity index (χ2n) is 7.06. The summed E-state index contributed by atoms with van der Waals surface area (Å²) in [7, 11) is 0. The van der Waals surface area contributed by atoms with Gasteiger partial charge in [0.05, 0.1) is 13.2 Å². The number of nitrogens with one attached hydrogen (secondary N) is 1. The molecule has 0 aliphatic carbocycles. The van der Waals surface area contributed by atoms with Crippen LogP contribution in [0.1, 0.15) is 10.6 Å². The molecule has 0 saturated carbocycles. The molecule has 2 amide bonds. The number of para-hydroxylation sites is 3. The SMILES string of the molecule is O=C(Nc1c(C(=O)N2CCOCC2)oc2ccccc12)[C@H]1COc2ccccc2O1. The maximum atomic E-state index is 13.1. The van der Waals surface area contributed by atoms with E-state index >= 15 is 0 Å². The lowest BCUT2D eigenvalue weighted by molar-refractivity contribution is -0.125. The van der Waals surface area contributed by atoms with Gasteiger partial charge in [-0.3, -0.25) is 9.59 Å². The molecular formula is C22H20N2O6. The van der Waals surface area contributed by atoms with E-state index in [4.69, 9.17) is 18.6 Å². The Bertz CT molecular complexity index is 1100. The van der Waals surface area contributed by atoms with Crippen molar-refractivity contribution in [3.63, 3.8) is 0 Å². The van der Waals surface area contributed by atoms with Gasteiger partial charge in [0.2, 0.25) is 11.9 Å². The summed E-state index contributed by atoms with van der Waals surface area (Å²) in [5.41, 5.74) is 0.866. The molecular weight excluding hydrogens is 388 g/mol. The fraction of sp³-hybridized carbons (Fsp3) is 0.273. The van der Waals surface area contributed by atoms with Gasteiger partial charge in [0, 0.05) is 18.5 Å². The highest BCUT2D eigenvalue weighted by Gasteiger charge is 2.32. The van der Waals surface area contributed by atoms with Crippen molar-refractivity contribution in [2.45, 2.75) is 6.10 Å². The van der Waals surface area contributed by atoms with Crippen LogP contribution in [0.15, 0.2) is 52.9 Å². The Kier molecular flexibility index (Phi) is 4.76. The molecule has 8 heteroatoms. The number of anilines is 1. The number of nitrogens with zero attached hydrogens (tertiary/aromatic N) is 1. The lowest BCUT2D eigenvalue weighted by Crippen LogP contribution is -2.42. The van der Waals surface area contributed by atoms with E-state index in [0.717, 1.165) is 0 Å². The first kappa shape index (κ1) is 18.5. The number of carbonyl (C=O) groups excluding carboxylic acids is 2. The molecule has 0 spiro atoms. The molecule has 1 aromatic heterocycles. The maximum Gasteiger partial charge on any atom is 0.291 e. The summed E-state index contributed by atoms with van der Waals surface area (Å²) >= 11 is 0. The number of amides is 2. The van der Waals surface area contributed by atoms with E-state index in [-0.39, 0.29) is 18.3 Å². The highest BCUT2D eigenvalue weighted by molar-refractivity contribution is 6.11. The molecule has 0 unspecified atom stereocenters. The summed E-state index contributed by atoms with van der Waals surface area (Å²) in [5, 5.41) is 3.49. The molecule has 5 rings (SSSR count). The standard InChI is InChI=1S/C22H20N2O6/c25-21(18-13-28-16-7-3-4-8-17(16)29-18)23-19-14-5-1-2-6-15(14)30-20(19)22(26)24-9-11-27-12-10-24/h1-8,18H,9-13H2,(H,23,25)/t18-/m1/s1. The fourth-order valence-electron chi connectivity index (χ4n) is 3.58. The number of fused-ring (bicyclic) bond motifs is 2. The van der Waals surface area contributed by atoms with Gasteiger partial charge in [-0.15, -0.1) is 0 Å². The summed E-state index contributed by atoms with van der Waals surface area (Å²) in [6.07, 6.45) is -0.847. The van der Waals surface area contributed by atoms with Gasteiger partial charge in [0.1, 0.15) is 17.9 Å². The van der Waals surface area contributed by atoms with Crippen molar-refractivity contribution in [2.75, 3.05) is 38.2 Å². The number of hydrogen-bond acceptors (Lipinski definition) is 6. The molecule has 1 fully saturated rings. The van der Waals surface area contributed by atoms with Crippen LogP contribution >= 0.6 is 0 Å². The minimum Gasteiger partial charge on any atom is -0.485 e. The topological polar surface area (TPSA) is 90.2 Å². The Labute approximate surface area is 172 Å². The second kappa shape index (κ2) is 7.72. The molecule has 3 heterocycles. The number of ether oxygens (including phenoxy) is 3. The second-order valence-corrected chi connectivity index (χ2v) is 7.06. The van der Waals surface area contributed by atoms with Crippen LogP contribution in [0.2, 0.25) is 0 Å². The molecule has 2 aromatic carbocycles. The number of rotatable bonds is 3. The van der Waals surface area contributed by atoms with Gasteiger partial charge in [-0.05, 0) is 24.3 Å². The van der Waals surface area contributed by atoms with Crippen molar-refractivity contribution < 1.29 is 28.2 Å². The zero-order valence-corrected chi connectivity index (χ0v) is 16.1. The molecule has 3 aromatic rings. The first-order chi connectivity index (χ1) is 14.7. The van der Waals surface area contributed by atoms with Gasteiger partial charge < -0.3 is 28.8 Å². The van der Waals surface area contributed by atoms with E-state index in [9.17, 15) is 9.59 Å². The normalized spacial score (nSPS) is 18.3. The number of furan rings is 1. The summed E-state index contributed by atoms with van der Waals surface area (Å²) in [6, 6.07) is 14.4. The molecule has 30 heavy (non-hydrogen) atoms. The van der Waals surface area contributed by atoms with Crippen molar-refractivity contribution in [1.29, 1.82) is 0 Å². The van der Waals surface area contributed by atoms with Crippen molar-refractivity contribution in [3.05, 3.63) is 54.3 Å². The average Bonchev–Trinajstić information content (AvgIpc) is 3.17. The minimum absolute atomic E-state index is 0.0748. The number of carbonyl (C=O) groups is 2. The Morgan fingerprint density at radius 2 is 1.70 bits per heavy atom. The van der Waals surface area contributed by atoms with Gasteiger partial charge in [0.25, 0.3) is 11.8 Å². The summed E-state index contributed by atoms with van der Waals surface area (Å²) in [5.74, 6) is 0.510. The lowest BCUT2D eigenvalue weighted by Gasteiger charge is -2.27. The third-order valence-corrected chi connectivity index (χ3v) is 5.14. The predicted octanol–water partition coefficient (Wildman–Crippen LogP) is 2.68. The smallest absolute Gasteiger partial charge is 0.291 e. The van der Waals surface area contributed by atoms with Crippen LogP contribution in [-0.4, -0.2) is 55.7 Å². The van der Waals surface area contributed by atoms with E-state index in [1.165, 1.54) is 0 Å². The molecule has 1 N–H and O–H groups in total. The first-order valence-electron chi connectivity index (χ1n) is 9.78. The largest absolute Gasteiger partial charge is 0.485 e. The van der Waals surface area contributed by atoms with Crippen LogP contribution < -0.4 is 14.8 Å². The fourth-order valence-corrected chi connectivity index (χ4v) is 3.58. The number of benzene rings is 2. The van der Waals surface area contributed by atoms with Crippen LogP contribution in [0.25, 0.3) is 11.0 Å². The lowest BCUT2D eigenvalue weighted by atomic mass is 10.2. The van der Waals surface area contributed by atoms with Crippen molar-refractivity contribution in [3.8, 4) is 11.5 Å². The first-order valence-corrected chi connectivity index (χ1v) is 9.78. The van der Waals surface area contributed by atoms with Crippen LogP contribution in [0.4, 0.5) is 5.69 Å². The van der Waals surface area contributed by atoms with Crippen LogP contribution in [-0.2, 0) is 9.53 Å². The zero-order chi connectivity index (χ0) is 20.5.